The van der Waals surface area contributed by atoms with E-state index in [2.05, 4.69) is 0 Å². The van der Waals surface area contributed by atoms with Gasteiger partial charge in [-0.15, -0.1) is 0 Å². The first-order chi connectivity index (χ1) is 10.2. The molecule has 0 heterocycles. The molecule has 0 saturated heterocycles. The van der Waals surface area contributed by atoms with E-state index in [1.165, 1.54) is 17.7 Å². The molecule has 0 unspecified atom stereocenters. The van der Waals surface area contributed by atoms with Gasteiger partial charge in [-0.1, -0.05) is 12.1 Å². The first kappa shape index (κ1) is 15.5. The van der Waals surface area contributed by atoms with Crippen LogP contribution in [0.5, 0.6) is 11.5 Å². The molecule has 0 aromatic heterocycles. The lowest BCUT2D eigenvalue weighted by molar-refractivity contribution is 0.202. The average Bonchev–Trinajstić information content (AvgIpc) is 2.49. The van der Waals surface area contributed by atoms with Crippen LogP contribution >= 0.6 is 0 Å². The molecule has 0 fully saturated rings. The topological polar surface area (TPSA) is 44.5 Å². The van der Waals surface area contributed by atoms with Gasteiger partial charge >= 0.3 is 0 Å². The smallest absolute Gasteiger partial charge is 0.130 e. The second-order valence-electron chi connectivity index (χ2n) is 4.78. The van der Waals surface area contributed by atoms with Crippen molar-refractivity contribution in [2.45, 2.75) is 12.8 Å². The fourth-order valence-electron chi connectivity index (χ4n) is 2.07. The maximum Gasteiger partial charge on any atom is 0.130 e. The molecule has 4 heteroatoms. The zero-order chi connectivity index (χ0) is 15.1. The van der Waals surface area contributed by atoms with Crippen molar-refractivity contribution in [2.75, 3.05) is 20.3 Å². The molecular formula is C17H20FNO2. The molecule has 21 heavy (non-hydrogen) atoms. The molecule has 3 nitrogen and oxygen atoms in total. The largest absolute Gasteiger partial charge is 0.457 e. The van der Waals surface area contributed by atoms with Crippen LogP contribution in [-0.4, -0.2) is 20.3 Å². The highest BCUT2D eigenvalue weighted by Crippen LogP contribution is 2.26. The van der Waals surface area contributed by atoms with E-state index in [0.29, 0.717) is 25.3 Å². The molecular weight excluding hydrogens is 269 g/mol. The fraction of sp³-hybridized carbons (Fsp3) is 0.294. The van der Waals surface area contributed by atoms with Gasteiger partial charge in [0, 0.05) is 7.11 Å². The zero-order valence-electron chi connectivity index (χ0n) is 12.1. The van der Waals surface area contributed by atoms with Gasteiger partial charge < -0.3 is 15.2 Å². The van der Waals surface area contributed by atoms with Crippen molar-refractivity contribution in [3.63, 3.8) is 0 Å². The molecule has 2 rings (SSSR count). The van der Waals surface area contributed by atoms with Crippen LogP contribution in [0.4, 0.5) is 4.39 Å². The minimum absolute atomic E-state index is 0.277. The lowest BCUT2D eigenvalue weighted by atomic mass is 10.1. The van der Waals surface area contributed by atoms with Crippen molar-refractivity contribution in [3.05, 3.63) is 59.4 Å². The van der Waals surface area contributed by atoms with Crippen LogP contribution in [0.15, 0.2) is 42.5 Å². The van der Waals surface area contributed by atoms with E-state index in [-0.39, 0.29) is 5.82 Å². The normalized spacial score (nSPS) is 10.6. The quantitative estimate of drug-likeness (QED) is 0.850. The Kier molecular flexibility index (Phi) is 5.72. The monoisotopic (exact) mass is 289 g/mol. The Balaban J connectivity index is 2.10. The summed E-state index contributed by atoms with van der Waals surface area (Å²) in [4.78, 5) is 0. The number of methoxy groups -OCH3 is 1. The van der Waals surface area contributed by atoms with Gasteiger partial charge in [-0.2, -0.15) is 0 Å². The Morgan fingerprint density at radius 3 is 2.48 bits per heavy atom. The van der Waals surface area contributed by atoms with Crippen LogP contribution in [0.3, 0.4) is 0 Å². The van der Waals surface area contributed by atoms with Crippen molar-refractivity contribution in [3.8, 4) is 11.5 Å². The minimum Gasteiger partial charge on any atom is -0.457 e. The molecule has 2 aromatic carbocycles. The third kappa shape index (κ3) is 4.55. The van der Waals surface area contributed by atoms with Crippen LogP contribution in [0.25, 0.3) is 0 Å². The van der Waals surface area contributed by atoms with Crippen molar-refractivity contribution in [2.24, 2.45) is 5.73 Å². The van der Waals surface area contributed by atoms with Crippen molar-refractivity contribution in [1.82, 2.24) is 0 Å². The Morgan fingerprint density at radius 1 is 1.05 bits per heavy atom. The summed E-state index contributed by atoms with van der Waals surface area (Å²) < 4.78 is 24.1. The third-order valence-electron chi connectivity index (χ3n) is 3.18. The van der Waals surface area contributed by atoms with E-state index in [0.717, 1.165) is 17.7 Å². The molecule has 2 N–H and O–H groups in total. The van der Waals surface area contributed by atoms with Gasteiger partial charge in [0.2, 0.25) is 0 Å². The van der Waals surface area contributed by atoms with E-state index >= 15 is 0 Å². The van der Waals surface area contributed by atoms with E-state index in [4.69, 9.17) is 15.2 Å². The highest BCUT2D eigenvalue weighted by atomic mass is 19.1. The van der Waals surface area contributed by atoms with Crippen LogP contribution in [-0.2, 0) is 17.6 Å². The van der Waals surface area contributed by atoms with E-state index in [1.54, 1.807) is 13.2 Å². The van der Waals surface area contributed by atoms with Gasteiger partial charge in [-0.25, -0.2) is 4.39 Å². The molecule has 0 amide bonds. The maximum absolute atomic E-state index is 13.3. The molecule has 112 valence electrons. The fourth-order valence-corrected chi connectivity index (χ4v) is 2.07. The van der Waals surface area contributed by atoms with Gasteiger partial charge in [0.15, 0.2) is 0 Å². The lowest BCUT2D eigenvalue weighted by Gasteiger charge is -2.11. The number of rotatable bonds is 7. The summed E-state index contributed by atoms with van der Waals surface area (Å²) in [6, 6.07) is 12.3. The SMILES string of the molecule is COCCc1ccc(Oc2ccc(F)cc2CCN)cc1. The molecule has 0 atom stereocenters. The molecule has 2 aromatic rings. The predicted molar refractivity (Wildman–Crippen MR) is 81.3 cm³/mol. The van der Waals surface area contributed by atoms with E-state index < -0.39 is 0 Å². The number of hydrogen-bond donors (Lipinski definition) is 1. The molecule has 0 saturated carbocycles. The Bertz CT molecular complexity index is 570. The van der Waals surface area contributed by atoms with Crippen molar-refractivity contribution >= 4 is 0 Å². The first-order valence-electron chi connectivity index (χ1n) is 6.97. The highest BCUT2D eigenvalue weighted by molar-refractivity contribution is 5.39. The summed E-state index contributed by atoms with van der Waals surface area (Å²) in [6.07, 6.45) is 1.45. The van der Waals surface area contributed by atoms with Gasteiger partial charge in [-0.05, 0) is 60.8 Å². The summed E-state index contributed by atoms with van der Waals surface area (Å²) in [6.45, 7) is 1.15. The Hall–Kier alpha value is -1.91. The summed E-state index contributed by atoms with van der Waals surface area (Å²) in [5.74, 6) is 1.09. The van der Waals surface area contributed by atoms with Crippen molar-refractivity contribution in [1.29, 1.82) is 0 Å². The Morgan fingerprint density at radius 2 is 1.81 bits per heavy atom. The summed E-state index contributed by atoms with van der Waals surface area (Å²) in [7, 11) is 1.69. The first-order valence-corrected chi connectivity index (χ1v) is 6.97. The number of benzene rings is 2. The van der Waals surface area contributed by atoms with Crippen LogP contribution < -0.4 is 10.5 Å². The van der Waals surface area contributed by atoms with Gasteiger partial charge in [0.1, 0.15) is 17.3 Å². The molecule has 0 aliphatic rings. The van der Waals surface area contributed by atoms with Crippen LogP contribution in [0, 0.1) is 5.82 Å². The zero-order valence-corrected chi connectivity index (χ0v) is 12.1. The van der Waals surface area contributed by atoms with Crippen LogP contribution in [0.2, 0.25) is 0 Å². The summed E-state index contributed by atoms with van der Waals surface area (Å²) in [5.41, 5.74) is 7.51. The predicted octanol–water partition coefficient (Wildman–Crippen LogP) is 3.31. The molecule has 0 bridgehead atoms. The standard InChI is InChI=1S/C17H20FNO2/c1-20-11-9-13-2-5-16(6-3-13)21-17-7-4-15(18)12-14(17)8-10-19/h2-7,12H,8-11,19H2,1H3. The van der Waals surface area contributed by atoms with Gasteiger partial charge in [-0.3, -0.25) is 0 Å². The second kappa shape index (κ2) is 7.76. The van der Waals surface area contributed by atoms with Gasteiger partial charge in [0.05, 0.1) is 6.61 Å². The summed E-state index contributed by atoms with van der Waals surface area (Å²) in [5, 5.41) is 0. The van der Waals surface area contributed by atoms with E-state index in [9.17, 15) is 4.39 Å². The highest BCUT2D eigenvalue weighted by Gasteiger charge is 2.06. The Labute approximate surface area is 124 Å². The van der Waals surface area contributed by atoms with Crippen molar-refractivity contribution < 1.29 is 13.9 Å². The molecule has 0 aliphatic heterocycles. The number of ether oxygens (including phenoxy) is 2. The summed E-state index contributed by atoms with van der Waals surface area (Å²) >= 11 is 0. The lowest BCUT2D eigenvalue weighted by Crippen LogP contribution is -2.04. The number of nitrogens with two attached hydrogens (primary N) is 1. The van der Waals surface area contributed by atoms with Crippen LogP contribution in [0.1, 0.15) is 11.1 Å². The third-order valence-corrected chi connectivity index (χ3v) is 3.18. The van der Waals surface area contributed by atoms with E-state index in [1.807, 2.05) is 24.3 Å². The minimum atomic E-state index is -0.277. The molecule has 0 radical (unpaired) electrons. The second-order valence-corrected chi connectivity index (χ2v) is 4.78. The number of hydrogen-bond acceptors (Lipinski definition) is 3. The average molecular weight is 289 g/mol. The molecule has 0 spiro atoms. The number of halogens is 1. The maximum atomic E-state index is 13.3. The van der Waals surface area contributed by atoms with Gasteiger partial charge in [0.25, 0.3) is 0 Å². The molecule has 0 aliphatic carbocycles.